The molecule has 0 radical (unpaired) electrons. The number of primary sulfonamides is 1. The molecule has 2 aromatic carbocycles. The van der Waals surface area contributed by atoms with E-state index >= 15 is 0 Å². The second-order valence-electron chi connectivity index (χ2n) is 9.18. The van der Waals surface area contributed by atoms with Crippen molar-refractivity contribution in [2.24, 2.45) is 22.5 Å². The van der Waals surface area contributed by atoms with Crippen molar-refractivity contribution in [1.82, 2.24) is 0 Å². The molecule has 0 saturated carbocycles. The summed E-state index contributed by atoms with van der Waals surface area (Å²) < 4.78 is 31.3. The molecule has 0 aliphatic carbocycles. The number of ether oxygens (including phenoxy) is 1. The number of para-hydroxylation sites is 1. The van der Waals surface area contributed by atoms with Crippen molar-refractivity contribution in [2.45, 2.75) is 76.3 Å². The minimum absolute atomic E-state index is 0.0232. The molecule has 0 saturated heterocycles. The van der Waals surface area contributed by atoms with Gasteiger partial charge in [-0.1, -0.05) is 38.5 Å². The number of sulfonamides is 1. The van der Waals surface area contributed by atoms with Crippen LogP contribution in [-0.2, 0) is 16.4 Å². The molecule has 0 aliphatic heterocycles. The van der Waals surface area contributed by atoms with Crippen molar-refractivity contribution in [3.05, 3.63) is 48.0 Å². The highest BCUT2D eigenvalue weighted by Gasteiger charge is 2.30. The molecular weight excluding hydrogens is 436 g/mol. The van der Waals surface area contributed by atoms with Crippen molar-refractivity contribution in [3.8, 4) is 11.5 Å². The van der Waals surface area contributed by atoms with E-state index in [0.29, 0.717) is 24.4 Å². The zero-order valence-corrected chi connectivity index (χ0v) is 21.1. The average Bonchev–Trinajstić information content (AvgIpc) is 2.74. The van der Waals surface area contributed by atoms with Crippen molar-refractivity contribution in [3.63, 3.8) is 0 Å². The molecule has 2 aromatic rings. The first-order chi connectivity index (χ1) is 15.5. The monoisotopic (exact) mass is 476 g/mol. The Balaban J connectivity index is 2.58. The fraction of sp³-hybridized carbons (Fsp3) is 0.520. The first-order valence-corrected chi connectivity index (χ1v) is 13.2. The summed E-state index contributed by atoms with van der Waals surface area (Å²) in [7, 11) is -4.05. The van der Waals surface area contributed by atoms with E-state index < -0.39 is 15.6 Å². The predicted octanol–water partition coefficient (Wildman–Crippen LogP) is 4.36. The van der Waals surface area contributed by atoms with Crippen molar-refractivity contribution < 1.29 is 13.2 Å². The minimum atomic E-state index is -4.05. The normalized spacial score (nSPS) is 15.5. The summed E-state index contributed by atoms with van der Waals surface area (Å²) in [6.45, 7) is 8.82. The molecule has 3 unspecified atom stereocenters. The molecule has 7 nitrogen and oxygen atoms in total. The van der Waals surface area contributed by atoms with E-state index in [1.807, 2.05) is 38.1 Å². The lowest BCUT2D eigenvalue weighted by Crippen LogP contribution is -2.46. The first-order valence-electron chi connectivity index (χ1n) is 11.7. The molecule has 33 heavy (non-hydrogen) atoms. The summed E-state index contributed by atoms with van der Waals surface area (Å²) in [5.41, 5.74) is 13.7. The van der Waals surface area contributed by atoms with Crippen LogP contribution < -0.4 is 26.7 Å². The Hall–Kier alpha value is -2.13. The van der Waals surface area contributed by atoms with E-state index in [-0.39, 0.29) is 22.6 Å². The van der Waals surface area contributed by atoms with E-state index in [1.165, 1.54) is 0 Å². The lowest BCUT2D eigenvalue weighted by atomic mass is 9.77. The maximum atomic E-state index is 12.6. The van der Waals surface area contributed by atoms with E-state index in [9.17, 15) is 8.42 Å². The van der Waals surface area contributed by atoms with Crippen LogP contribution in [0.4, 0.5) is 5.69 Å². The summed E-state index contributed by atoms with van der Waals surface area (Å²) in [5.74, 6) is 0.808. The van der Waals surface area contributed by atoms with Gasteiger partial charge in [0, 0.05) is 18.1 Å². The third-order valence-electron chi connectivity index (χ3n) is 6.06. The van der Waals surface area contributed by atoms with E-state index in [1.54, 1.807) is 18.2 Å². The molecule has 0 fully saturated rings. The fourth-order valence-corrected chi connectivity index (χ4v) is 4.56. The smallest absolute Gasteiger partial charge is 0.241 e. The molecule has 3 atom stereocenters. The standard InChI is InChI=1S/C25H40N4O3S/c1-5-7-13-29-22-16-19(15-20(14-18(3)26)25(4,27)6-2)17-23(33(28,30)31)24(22)32-21-11-9-8-10-12-21/h8-12,16-18,20,29H,5-7,13-15,26-27H2,1-4H3,(H2,28,30,31). The predicted molar refractivity (Wildman–Crippen MR) is 136 cm³/mol. The number of benzene rings is 2. The van der Waals surface area contributed by atoms with E-state index in [4.69, 9.17) is 21.3 Å². The van der Waals surface area contributed by atoms with Gasteiger partial charge in [0.05, 0.1) is 5.69 Å². The third kappa shape index (κ3) is 7.99. The summed E-state index contributed by atoms with van der Waals surface area (Å²) in [5, 5.41) is 9.00. The SMILES string of the molecule is CCCCNc1cc(CC(CC(C)N)C(C)(N)CC)cc(S(N)(=O)=O)c1Oc1ccccc1. The topological polar surface area (TPSA) is 133 Å². The maximum Gasteiger partial charge on any atom is 0.241 e. The molecule has 184 valence electrons. The van der Waals surface area contributed by atoms with Gasteiger partial charge in [-0.05, 0) is 75.3 Å². The number of hydrogen-bond donors (Lipinski definition) is 4. The fourth-order valence-electron chi connectivity index (χ4n) is 3.84. The van der Waals surface area contributed by atoms with Gasteiger partial charge in [0.15, 0.2) is 5.75 Å². The number of unbranched alkanes of at least 4 members (excludes halogenated alkanes) is 1. The van der Waals surface area contributed by atoms with Crippen molar-refractivity contribution in [2.75, 3.05) is 11.9 Å². The van der Waals surface area contributed by atoms with Gasteiger partial charge in [0.1, 0.15) is 10.6 Å². The van der Waals surface area contributed by atoms with Gasteiger partial charge in [-0.15, -0.1) is 0 Å². The Labute approximate surface area is 199 Å². The molecule has 2 rings (SSSR count). The Morgan fingerprint density at radius 2 is 1.82 bits per heavy atom. The summed E-state index contributed by atoms with van der Waals surface area (Å²) in [6.07, 6.45) is 4.03. The van der Waals surface area contributed by atoms with E-state index in [0.717, 1.165) is 31.2 Å². The molecule has 0 bridgehead atoms. The van der Waals surface area contributed by atoms with Crippen LogP contribution in [0.1, 0.15) is 58.9 Å². The zero-order valence-electron chi connectivity index (χ0n) is 20.3. The summed E-state index contributed by atoms with van der Waals surface area (Å²) in [4.78, 5) is -0.0439. The second kappa shape index (κ2) is 11.8. The van der Waals surface area contributed by atoms with Crippen LogP contribution in [0.15, 0.2) is 47.4 Å². The number of nitrogens with two attached hydrogens (primary N) is 3. The number of nitrogens with one attached hydrogen (secondary N) is 1. The van der Waals surface area contributed by atoms with Gasteiger partial charge in [-0.25, -0.2) is 13.6 Å². The first kappa shape index (κ1) is 27.1. The second-order valence-corrected chi connectivity index (χ2v) is 10.7. The van der Waals surface area contributed by atoms with Crippen LogP contribution in [0.2, 0.25) is 0 Å². The van der Waals surface area contributed by atoms with Gasteiger partial charge in [0.25, 0.3) is 0 Å². The summed E-state index contributed by atoms with van der Waals surface area (Å²) in [6, 6.07) is 12.6. The van der Waals surface area contributed by atoms with Crippen LogP contribution >= 0.6 is 0 Å². The van der Waals surface area contributed by atoms with Crippen LogP contribution in [-0.4, -0.2) is 26.5 Å². The molecular formula is C25H40N4O3S. The number of rotatable bonds is 13. The molecule has 0 aliphatic rings. The number of anilines is 1. The molecule has 0 amide bonds. The maximum absolute atomic E-state index is 12.6. The summed E-state index contributed by atoms with van der Waals surface area (Å²) >= 11 is 0. The Morgan fingerprint density at radius 3 is 2.36 bits per heavy atom. The van der Waals surface area contributed by atoms with Crippen LogP contribution in [0.25, 0.3) is 0 Å². The average molecular weight is 477 g/mol. The third-order valence-corrected chi connectivity index (χ3v) is 6.98. The quantitative estimate of drug-likeness (QED) is 0.317. The van der Waals surface area contributed by atoms with Gasteiger partial charge in [-0.2, -0.15) is 0 Å². The lowest BCUT2D eigenvalue weighted by Gasteiger charge is -2.35. The molecule has 8 heteroatoms. The highest BCUT2D eigenvalue weighted by atomic mass is 32.2. The Bertz CT molecular complexity index is 992. The van der Waals surface area contributed by atoms with E-state index in [2.05, 4.69) is 19.2 Å². The van der Waals surface area contributed by atoms with Crippen LogP contribution in [0.5, 0.6) is 11.5 Å². The highest BCUT2D eigenvalue weighted by Crippen LogP contribution is 2.38. The van der Waals surface area contributed by atoms with Gasteiger partial charge < -0.3 is 21.5 Å². The van der Waals surface area contributed by atoms with Crippen molar-refractivity contribution in [1.29, 1.82) is 0 Å². The van der Waals surface area contributed by atoms with Crippen molar-refractivity contribution >= 4 is 15.7 Å². The molecule has 7 N–H and O–H groups in total. The van der Waals surface area contributed by atoms with Crippen LogP contribution in [0, 0.1) is 5.92 Å². The Kier molecular flexibility index (Phi) is 9.72. The lowest BCUT2D eigenvalue weighted by molar-refractivity contribution is 0.255. The molecule has 0 heterocycles. The molecule has 0 spiro atoms. The highest BCUT2D eigenvalue weighted by molar-refractivity contribution is 7.89. The van der Waals surface area contributed by atoms with Gasteiger partial charge in [0.2, 0.25) is 10.0 Å². The van der Waals surface area contributed by atoms with Gasteiger partial charge in [-0.3, -0.25) is 0 Å². The number of hydrogen-bond acceptors (Lipinski definition) is 6. The van der Waals surface area contributed by atoms with Gasteiger partial charge >= 0.3 is 0 Å². The minimum Gasteiger partial charge on any atom is -0.454 e. The Morgan fingerprint density at radius 1 is 1.15 bits per heavy atom. The zero-order chi connectivity index (χ0) is 24.6. The largest absolute Gasteiger partial charge is 0.454 e. The van der Waals surface area contributed by atoms with Crippen LogP contribution in [0.3, 0.4) is 0 Å². The molecule has 0 aromatic heterocycles.